The topological polar surface area (TPSA) is 42.6 Å². The van der Waals surface area contributed by atoms with E-state index in [-0.39, 0.29) is 5.41 Å². The van der Waals surface area contributed by atoms with Crippen molar-refractivity contribution < 1.29 is 14.3 Å². The van der Waals surface area contributed by atoms with Crippen molar-refractivity contribution in [3.05, 3.63) is 51.9 Å². The normalized spacial score (nSPS) is 17.9. The quantitative estimate of drug-likeness (QED) is 0.914. The summed E-state index contributed by atoms with van der Waals surface area (Å²) in [6.07, 6.45) is -0.756. The van der Waals surface area contributed by atoms with Crippen LogP contribution in [0.25, 0.3) is 0 Å². The van der Waals surface area contributed by atoms with Crippen molar-refractivity contribution in [2.45, 2.75) is 25.4 Å². The van der Waals surface area contributed by atoms with Crippen molar-refractivity contribution in [3.8, 4) is 5.75 Å². The molecule has 0 radical (unpaired) electrons. The molecule has 2 heterocycles. The lowest BCUT2D eigenvalue weighted by atomic mass is 9.85. The highest BCUT2D eigenvalue weighted by Gasteiger charge is 2.32. The zero-order valence-electron chi connectivity index (χ0n) is 10.8. The lowest BCUT2D eigenvalue weighted by Crippen LogP contribution is -2.18. The summed E-state index contributed by atoms with van der Waals surface area (Å²) < 4.78 is 11.7. The first-order valence-electron chi connectivity index (χ1n) is 6.18. The predicted octanol–water partition coefficient (Wildman–Crippen LogP) is 3.79. The van der Waals surface area contributed by atoms with Gasteiger partial charge in [0, 0.05) is 11.0 Å². The van der Waals surface area contributed by atoms with Gasteiger partial charge in [-0.15, -0.1) is 0 Å². The van der Waals surface area contributed by atoms with Gasteiger partial charge in [0.2, 0.25) is 0 Å². The Bertz CT molecular complexity index is 616. The monoisotopic (exact) mass is 322 g/mol. The Kier molecular flexibility index (Phi) is 2.95. The number of benzene rings is 1. The van der Waals surface area contributed by atoms with Crippen LogP contribution >= 0.6 is 15.9 Å². The van der Waals surface area contributed by atoms with Crippen LogP contribution in [0.2, 0.25) is 0 Å². The van der Waals surface area contributed by atoms with Crippen molar-refractivity contribution in [2.75, 3.05) is 6.61 Å². The maximum absolute atomic E-state index is 10.4. The number of halogens is 1. The van der Waals surface area contributed by atoms with Crippen molar-refractivity contribution >= 4 is 15.9 Å². The molecule has 0 saturated carbocycles. The van der Waals surface area contributed by atoms with Crippen molar-refractivity contribution in [2.24, 2.45) is 0 Å². The molecule has 1 aliphatic rings. The molecule has 1 aromatic heterocycles. The fourth-order valence-corrected chi connectivity index (χ4v) is 2.67. The van der Waals surface area contributed by atoms with E-state index in [4.69, 9.17) is 9.15 Å². The maximum Gasteiger partial charge on any atom is 0.169 e. The summed E-state index contributed by atoms with van der Waals surface area (Å²) in [5.41, 5.74) is 1.93. The van der Waals surface area contributed by atoms with Crippen molar-refractivity contribution in [1.29, 1.82) is 0 Å². The van der Waals surface area contributed by atoms with E-state index in [9.17, 15) is 5.11 Å². The lowest BCUT2D eigenvalue weighted by Gasteiger charge is -2.17. The average Bonchev–Trinajstić information content (AvgIpc) is 2.93. The molecule has 2 aromatic rings. The third-order valence-electron chi connectivity index (χ3n) is 3.50. The van der Waals surface area contributed by atoms with Gasteiger partial charge in [-0.2, -0.15) is 0 Å². The Labute approximate surface area is 120 Å². The summed E-state index contributed by atoms with van der Waals surface area (Å²) in [4.78, 5) is 0. The van der Waals surface area contributed by atoms with Crippen LogP contribution in [0.4, 0.5) is 0 Å². The van der Waals surface area contributed by atoms with Gasteiger partial charge in [-0.25, -0.2) is 0 Å². The van der Waals surface area contributed by atoms with E-state index >= 15 is 0 Å². The highest BCUT2D eigenvalue weighted by atomic mass is 79.9. The van der Waals surface area contributed by atoms with Gasteiger partial charge in [0.05, 0.1) is 6.61 Å². The van der Waals surface area contributed by atoms with Crippen molar-refractivity contribution in [1.82, 2.24) is 0 Å². The second-order valence-electron chi connectivity index (χ2n) is 5.47. The molecule has 3 rings (SSSR count). The molecule has 100 valence electrons. The molecule has 0 spiro atoms. The van der Waals surface area contributed by atoms with Crippen LogP contribution in [0.15, 0.2) is 39.4 Å². The predicted molar refractivity (Wildman–Crippen MR) is 75.4 cm³/mol. The highest BCUT2D eigenvalue weighted by Crippen LogP contribution is 2.40. The molecule has 0 saturated heterocycles. The molecule has 0 fully saturated rings. The van der Waals surface area contributed by atoms with Gasteiger partial charge < -0.3 is 14.3 Å². The summed E-state index contributed by atoms with van der Waals surface area (Å²) in [7, 11) is 0. The fraction of sp³-hybridized carbons (Fsp3) is 0.333. The Morgan fingerprint density at radius 1 is 1.26 bits per heavy atom. The molecule has 0 amide bonds. The Morgan fingerprint density at radius 2 is 2.05 bits per heavy atom. The van der Waals surface area contributed by atoms with E-state index in [0.29, 0.717) is 17.0 Å². The standard InChI is InChI=1S/C15H15BrO3/c1-15(2)8-18-11-4-3-9(7-10(11)15)14(17)12-5-6-13(16)19-12/h3-7,14,17H,8H2,1-2H3. The van der Waals surface area contributed by atoms with Crippen LogP contribution in [0.1, 0.15) is 36.8 Å². The molecular formula is C15H15BrO3. The van der Waals surface area contributed by atoms with E-state index in [1.165, 1.54) is 0 Å². The Hall–Kier alpha value is -1.26. The van der Waals surface area contributed by atoms with Crippen LogP contribution < -0.4 is 4.74 Å². The van der Waals surface area contributed by atoms with E-state index < -0.39 is 6.10 Å². The molecule has 0 aliphatic carbocycles. The molecule has 1 aliphatic heterocycles. The lowest BCUT2D eigenvalue weighted by molar-refractivity contribution is 0.187. The summed E-state index contributed by atoms with van der Waals surface area (Å²) in [5.74, 6) is 1.44. The third-order valence-corrected chi connectivity index (χ3v) is 3.93. The number of aliphatic hydroxyl groups excluding tert-OH is 1. The number of rotatable bonds is 2. The van der Waals surface area contributed by atoms with Gasteiger partial charge in [-0.1, -0.05) is 19.9 Å². The summed E-state index contributed by atoms with van der Waals surface area (Å²) >= 11 is 3.24. The molecule has 1 unspecified atom stereocenters. The van der Waals surface area contributed by atoms with Crippen molar-refractivity contribution in [3.63, 3.8) is 0 Å². The number of hydrogen-bond donors (Lipinski definition) is 1. The average molecular weight is 323 g/mol. The summed E-state index contributed by atoms with van der Waals surface area (Å²) in [5, 5.41) is 10.4. The van der Waals surface area contributed by atoms with Crippen LogP contribution in [0.3, 0.4) is 0 Å². The molecule has 3 nitrogen and oxygen atoms in total. The minimum absolute atomic E-state index is 0.0190. The first kappa shape index (κ1) is 12.8. The van der Waals surface area contributed by atoms with E-state index in [2.05, 4.69) is 29.8 Å². The second kappa shape index (κ2) is 4.39. The zero-order valence-corrected chi connectivity index (χ0v) is 12.4. The van der Waals surface area contributed by atoms with Gasteiger partial charge >= 0.3 is 0 Å². The zero-order chi connectivity index (χ0) is 13.6. The van der Waals surface area contributed by atoms with Gasteiger partial charge in [0.25, 0.3) is 0 Å². The van der Waals surface area contributed by atoms with E-state index in [1.807, 2.05) is 18.2 Å². The Balaban J connectivity index is 1.99. The minimum atomic E-state index is -0.756. The molecule has 4 heteroatoms. The number of ether oxygens (including phenoxy) is 1. The first-order valence-corrected chi connectivity index (χ1v) is 6.97. The SMILES string of the molecule is CC1(C)COc2ccc(C(O)c3ccc(Br)o3)cc21. The van der Waals surface area contributed by atoms with Crippen LogP contribution in [-0.2, 0) is 5.41 Å². The molecule has 19 heavy (non-hydrogen) atoms. The molecule has 1 aromatic carbocycles. The second-order valence-corrected chi connectivity index (χ2v) is 6.25. The first-order chi connectivity index (χ1) is 8.97. The number of furan rings is 1. The van der Waals surface area contributed by atoms with Gasteiger partial charge in [0.1, 0.15) is 17.6 Å². The van der Waals surface area contributed by atoms with Gasteiger partial charge in [-0.05, 0) is 45.8 Å². The number of fused-ring (bicyclic) bond motifs is 1. The summed E-state index contributed by atoms with van der Waals surface area (Å²) in [6, 6.07) is 9.34. The minimum Gasteiger partial charge on any atom is -0.492 e. The van der Waals surface area contributed by atoms with Crippen LogP contribution in [0.5, 0.6) is 5.75 Å². The molecular weight excluding hydrogens is 308 g/mol. The molecule has 1 N–H and O–H groups in total. The van der Waals surface area contributed by atoms with E-state index in [1.54, 1.807) is 12.1 Å². The maximum atomic E-state index is 10.4. The van der Waals surface area contributed by atoms with Crippen LogP contribution in [-0.4, -0.2) is 11.7 Å². The van der Waals surface area contributed by atoms with Gasteiger partial charge in [-0.3, -0.25) is 0 Å². The largest absolute Gasteiger partial charge is 0.492 e. The third kappa shape index (κ3) is 2.19. The highest BCUT2D eigenvalue weighted by molar-refractivity contribution is 9.10. The number of hydrogen-bond acceptors (Lipinski definition) is 3. The van der Waals surface area contributed by atoms with E-state index in [0.717, 1.165) is 16.9 Å². The molecule has 1 atom stereocenters. The summed E-state index contributed by atoms with van der Waals surface area (Å²) in [6.45, 7) is 4.95. The fourth-order valence-electron chi connectivity index (χ4n) is 2.35. The smallest absolute Gasteiger partial charge is 0.169 e. The number of aliphatic hydroxyl groups is 1. The molecule has 0 bridgehead atoms. The Morgan fingerprint density at radius 3 is 2.74 bits per heavy atom. The van der Waals surface area contributed by atoms with Gasteiger partial charge in [0.15, 0.2) is 4.67 Å². The van der Waals surface area contributed by atoms with Crippen LogP contribution in [0, 0.1) is 0 Å².